The lowest BCUT2D eigenvalue weighted by molar-refractivity contribution is 0.949. The highest BCUT2D eigenvalue weighted by Crippen LogP contribution is 2.15. The normalized spacial score (nSPS) is 10.5. The maximum Gasteiger partial charge on any atom is 0.254 e. The van der Waals surface area contributed by atoms with E-state index in [2.05, 4.69) is 30.9 Å². The zero-order valence-corrected chi connectivity index (χ0v) is 11.2. The van der Waals surface area contributed by atoms with Crippen LogP contribution < -0.4 is 5.56 Å². The first-order chi connectivity index (χ1) is 8.11. The number of pyridine rings is 1. The number of nitrogens with zero attached hydrogens (tertiary/aromatic N) is 2. The molecule has 0 saturated carbocycles. The van der Waals surface area contributed by atoms with Crippen LogP contribution in [0.5, 0.6) is 0 Å². The maximum atomic E-state index is 11.7. The Bertz CT molecular complexity index is 590. The average molecular weight is 294 g/mol. The van der Waals surface area contributed by atoms with Crippen LogP contribution in [0, 0.1) is 6.92 Å². The van der Waals surface area contributed by atoms with Gasteiger partial charge in [0.1, 0.15) is 5.69 Å². The molecule has 2 rings (SSSR count). The molecule has 0 unspecified atom stereocenters. The second-order valence-electron chi connectivity index (χ2n) is 3.70. The summed E-state index contributed by atoms with van der Waals surface area (Å²) < 4.78 is 0.895. The molecule has 4 nitrogen and oxygen atoms in total. The Hall–Kier alpha value is -1.49. The summed E-state index contributed by atoms with van der Waals surface area (Å²) in [4.78, 5) is 23.1. The summed E-state index contributed by atoms with van der Waals surface area (Å²) in [6.45, 7) is 3.76. The summed E-state index contributed by atoms with van der Waals surface area (Å²) in [6, 6.07) is 3.69. The van der Waals surface area contributed by atoms with Gasteiger partial charge in [0.25, 0.3) is 5.56 Å². The van der Waals surface area contributed by atoms with Crippen molar-refractivity contribution < 1.29 is 0 Å². The third-order valence-corrected chi connectivity index (χ3v) is 3.03. The minimum absolute atomic E-state index is 0.100. The molecule has 0 aromatic carbocycles. The third-order valence-electron chi connectivity index (χ3n) is 2.56. The molecule has 5 heteroatoms. The highest BCUT2D eigenvalue weighted by molar-refractivity contribution is 9.10. The fraction of sp³-hybridized carbons (Fsp3) is 0.250. The lowest BCUT2D eigenvalue weighted by atomic mass is 10.2. The van der Waals surface area contributed by atoms with Gasteiger partial charge in [-0.3, -0.25) is 9.78 Å². The molecule has 17 heavy (non-hydrogen) atoms. The van der Waals surface area contributed by atoms with E-state index in [0.29, 0.717) is 17.1 Å². The average Bonchev–Trinajstić information content (AvgIpc) is 2.33. The number of aromatic nitrogens is 3. The van der Waals surface area contributed by atoms with Gasteiger partial charge in [0.05, 0.1) is 5.69 Å². The molecule has 0 radical (unpaired) electrons. The first-order valence-corrected chi connectivity index (χ1v) is 6.13. The van der Waals surface area contributed by atoms with Crippen molar-refractivity contribution in [2.75, 3.05) is 0 Å². The highest BCUT2D eigenvalue weighted by Gasteiger charge is 2.08. The van der Waals surface area contributed by atoms with Gasteiger partial charge in [-0.15, -0.1) is 0 Å². The molecule has 0 saturated heterocycles. The monoisotopic (exact) mass is 293 g/mol. The number of hydrogen-bond donors (Lipinski definition) is 1. The van der Waals surface area contributed by atoms with Crippen LogP contribution in [0.15, 0.2) is 27.6 Å². The number of aromatic amines is 1. The standard InChI is InChI=1S/C12H12BrN3O/c1-3-9-7(2)12(17)16-11(15-9)10-5-4-8(13)6-14-10/h4-6H,3H2,1-2H3,(H,15,16,17). The quantitative estimate of drug-likeness (QED) is 0.925. The Morgan fingerprint density at radius 3 is 2.76 bits per heavy atom. The van der Waals surface area contributed by atoms with E-state index in [-0.39, 0.29) is 5.56 Å². The van der Waals surface area contributed by atoms with Crippen LogP contribution in [-0.4, -0.2) is 15.0 Å². The lowest BCUT2D eigenvalue weighted by Gasteiger charge is -2.05. The second kappa shape index (κ2) is 4.79. The summed E-state index contributed by atoms with van der Waals surface area (Å²) in [5, 5.41) is 0. The number of H-pyrrole nitrogens is 1. The van der Waals surface area contributed by atoms with Crippen molar-refractivity contribution in [3.63, 3.8) is 0 Å². The van der Waals surface area contributed by atoms with E-state index in [1.807, 2.05) is 19.1 Å². The molecule has 0 aliphatic rings. The SMILES string of the molecule is CCc1nc(-c2ccc(Br)cn2)[nH]c(=O)c1C. The molecular formula is C12H12BrN3O. The van der Waals surface area contributed by atoms with Crippen LogP contribution in [0.25, 0.3) is 11.5 Å². The van der Waals surface area contributed by atoms with Crippen LogP contribution in [0.4, 0.5) is 0 Å². The van der Waals surface area contributed by atoms with E-state index in [1.165, 1.54) is 0 Å². The van der Waals surface area contributed by atoms with Crippen molar-refractivity contribution in [1.29, 1.82) is 0 Å². The minimum atomic E-state index is -0.100. The zero-order chi connectivity index (χ0) is 12.4. The predicted octanol–water partition coefficient (Wildman–Crippen LogP) is 2.47. The largest absolute Gasteiger partial charge is 0.305 e. The molecule has 2 aromatic rings. The van der Waals surface area contributed by atoms with Crippen LogP contribution in [-0.2, 0) is 6.42 Å². The van der Waals surface area contributed by atoms with Crippen LogP contribution >= 0.6 is 15.9 Å². The van der Waals surface area contributed by atoms with Gasteiger partial charge in [-0.05, 0) is 41.4 Å². The fourth-order valence-electron chi connectivity index (χ4n) is 1.56. The van der Waals surface area contributed by atoms with Crippen LogP contribution in [0.2, 0.25) is 0 Å². The van der Waals surface area contributed by atoms with Crippen LogP contribution in [0.3, 0.4) is 0 Å². The zero-order valence-electron chi connectivity index (χ0n) is 9.62. The van der Waals surface area contributed by atoms with Crippen molar-refractivity contribution in [2.45, 2.75) is 20.3 Å². The molecule has 0 aliphatic carbocycles. The number of aryl methyl sites for hydroxylation is 1. The van der Waals surface area contributed by atoms with Gasteiger partial charge in [0.2, 0.25) is 0 Å². The van der Waals surface area contributed by atoms with Gasteiger partial charge in [-0.2, -0.15) is 0 Å². The molecule has 0 amide bonds. The predicted molar refractivity (Wildman–Crippen MR) is 69.9 cm³/mol. The van der Waals surface area contributed by atoms with E-state index in [1.54, 1.807) is 13.1 Å². The Balaban J connectivity index is 2.56. The van der Waals surface area contributed by atoms with Crippen molar-refractivity contribution >= 4 is 15.9 Å². The van der Waals surface area contributed by atoms with E-state index in [4.69, 9.17) is 0 Å². The molecule has 0 bridgehead atoms. The first kappa shape index (κ1) is 12.0. The Labute approximate surface area is 107 Å². The Morgan fingerprint density at radius 1 is 1.41 bits per heavy atom. The van der Waals surface area contributed by atoms with E-state index in [9.17, 15) is 4.79 Å². The summed E-state index contributed by atoms with van der Waals surface area (Å²) in [5.41, 5.74) is 2.05. The van der Waals surface area contributed by atoms with Gasteiger partial charge >= 0.3 is 0 Å². The molecular weight excluding hydrogens is 282 g/mol. The molecule has 2 heterocycles. The van der Waals surface area contributed by atoms with E-state index >= 15 is 0 Å². The second-order valence-corrected chi connectivity index (χ2v) is 4.62. The van der Waals surface area contributed by atoms with Gasteiger partial charge in [-0.1, -0.05) is 6.92 Å². The van der Waals surface area contributed by atoms with Crippen molar-refractivity contribution in [3.8, 4) is 11.5 Å². The molecule has 0 spiro atoms. The van der Waals surface area contributed by atoms with Gasteiger partial charge in [0, 0.05) is 16.2 Å². The number of halogens is 1. The fourth-order valence-corrected chi connectivity index (χ4v) is 1.80. The third kappa shape index (κ3) is 2.44. The lowest BCUT2D eigenvalue weighted by Crippen LogP contribution is -2.16. The maximum absolute atomic E-state index is 11.7. The molecule has 0 atom stereocenters. The summed E-state index contributed by atoms with van der Waals surface area (Å²) in [6.07, 6.45) is 2.42. The number of hydrogen-bond acceptors (Lipinski definition) is 3. The Kier molecular flexibility index (Phi) is 3.38. The van der Waals surface area contributed by atoms with Crippen LogP contribution in [0.1, 0.15) is 18.2 Å². The highest BCUT2D eigenvalue weighted by atomic mass is 79.9. The topological polar surface area (TPSA) is 58.6 Å². The smallest absolute Gasteiger partial charge is 0.254 e. The van der Waals surface area contributed by atoms with Gasteiger partial charge in [-0.25, -0.2) is 4.98 Å². The summed E-state index contributed by atoms with van der Waals surface area (Å²) >= 11 is 3.32. The molecule has 88 valence electrons. The van der Waals surface area contributed by atoms with Crippen molar-refractivity contribution in [1.82, 2.24) is 15.0 Å². The molecule has 1 N–H and O–H groups in total. The molecule has 0 fully saturated rings. The number of rotatable bonds is 2. The number of nitrogens with one attached hydrogen (secondary N) is 1. The molecule has 0 aliphatic heterocycles. The summed E-state index contributed by atoms with van der Waals surface area (Å²) in [5.74, 6) is 0.518. The van der Waals surface area contributed by atoms with Crippen molar-refractivity contribution in [2.24, 2.45) is 0 Å². The van der Waals surface area contributed by atoms with Gasteiger partial charge in [0.15, 0.2) is 5.82 Å². The summed E-state index contributed by atoms with van der Waals surface area (Å²) in [7, 11) is 0. The first-order valence-electron chi connectivity index (χ1n) is 5.33. The molecule has 2 aromatic heterocycles. The Morgan fingerprint density at radius 2 is 2.18 bits per heavy atom. The minimum Gasteiger partial charge on any atom is -0.305 e. The van der Waals surface area contributed by atoms with Gasteiger partial charge < -0.3 is 4.98 Å². The van der Waals surface area contributed by atoms with Crippen molar-refractivity contribution in [3.05, 3.63) is 44.4 Å². The van der Waals surface area contributed by atoms with E-state index < -0.39 is 0 Å². The van der Waals surface area contributed by atoms with E-state index in [0.717, 1.165) is 16.6 Å².